The van der Waals surface area contributed by atoms with Gasteiger partial charge in [-0.2, -0.15) is 0 Å². The number of para-hydroxylation sites is 1. The van der Waals surface area contributed by atoms with E-state index in [2.05, 4.69) is 28.7 Å². The molecule has 1 fully saturated rings. The Kier molecular flexibility index (Phi) is 3.09. The summed E-state index contributed by atoms with van der Waals surface area (Å²) in [6.07, 6.45) is 4.09. The maximum Gasteiger partial charge on any atom is 0.132 e. The first kappa shape index (κ1) is 9.31. The van der Waals surface area contributed by atoms with Crippen LogP contribution >= 0.6 is 22.6 Å². The molecule has 0 unspecified atom stereocenters. The maximum absolute atomic E-state index is 5.73. The maximum atomic E-state index is 5.73. The average molecular weight is 288 g/mol. The zero-order valence-electron chi connectivity index (χ0n) is 7.50. The normalized spacial score (nSPS) is 16.7. The van der Waals surface area contributed by atoms with E-state index in [0.717, 1.165) is 18.3 Å². The summed E-state index contributed by atoms with van der Waals surface area (Å²) in [6.45, 7) is 0.903. The first-order valence-electron chi connectivity index (χ1n) is 4.73. The molecular formula is C11H13IO. The zero-order chi connectivity index (χ0) is 9.10. The molecule has 0 aliphatic heterocycles. The Morgan fingerprint density at radius 2 is 2.08 bits per heavy atom. The molecule has 1 aromatic carbocycles. The molecule has 13 heavy (non-hydrogen) atoms. The first-order chi connectivity index (χ1) is 6.36. The first-order valence-corrected chi connectivity index (χ1v) is 5.81. The Hall–Kier alpha value is -0.250. The van der Waals surface area contributed by atoms with Crippen LogP contribution in [0.3, 0.4) is 0 Å². The van der Waals surface area contributed by atoms with E-state index in [4.69, 9.17) is 4.74 Å². The van der Waals surface area contributed by atoms with Crippen molar-refractivity contribution in [2.45, 2.75) is 19.3 Å². The SMILES string of the molecule is Ic1ccccc1OCC1CCC1. The van der Waals surface area contributed by atoms with E-state index in [0.29, 0.717) is 0 Å². The minimum atomic E-state index is 0.816. The van der Waals surface area contributed by atoms with Crippen LogP contribution in [-0.4, -0.2) is 6.61 Å². The summed E-state index contributed by atoms with van der Waals surface area (Å²) in [5, 5.41) is 0. The van der Waals surface area contributed by atoms with Gasteiger partial charge in [-0.3, -0.25) is 0 Å². The van der Waals surface area contributed by atoms with Crippen LogP contribution in [0.15, 0.2) is 24.3 Å². The van der Waals surface area contributed by atoms with Crippen LogP contribution in [0, 0.1) is 9.49 Å². The number of ether oxygens (including phenoxy) is 1. The monoisotopic (exact) mass is 288 g/mol. The molecule has 1 saturated carbocycles. The van der Waals surface area contributed by atoms with Gasteiger partial charge in [0.25, 0.3) is 0 Å². The lowest BCUT2D eigenvalue weighted by molar-refractivity contribution is 0.180. The Balaban J connectivity index is 1.89. The van der Waals surface area contributed by atoms with Crippen LogP contribution in [-0.2, 0) is 0 Å². The highest BCUT2D eigenvalue weighted by atomic mass is 127. The molecule has 1 nitrogen and oxygen atoms in total. The van der Waals surface area contributed by atoms with Crippen LogP contribution in [0.2, 0.25) is 0 Å². The van der Waals surface area contributed by atoms with E-state index in [1.165, 1.54) is 22.8 Å². The summed E-state index contributed by atoms with van der Waals surface area (Å²) in [6, 6.07) is 8.19. The zero-order valence-corrected chi connectivity index (χ0v) is 9.66. The molecule has 0 atom stereocenters. The molecule has 70 valence electrons. The average Bonchev–Trinajstić information content (AvgIpc) is 2.05. The summed E-state index contributed by atoms with van der Waals surface area (Å²) in [4.78, 5) is 0. The number of rotatable bonds is 3. The predicted octanol–water partition coefficient (Wildman–Crippen LogP) is 3.47. The highest BCUT2D eigenvalue weighted by Gasteiger charge is 2.18. The van der Waals surface area contributed by atoms with Crippen LogP contribution in [0.25, 0.3) is 0 Å². The predicted molar refractivity (Wildman–Crippen MR) is 62.0 cm³/mol. The molecule has 0 N–H and O–H groups in total. The summed E-state index contributed by atoms with van der Waals surface area (Å²) in [5.41, 5.74) is 0. The van der Waals surface area contributed by atoms with E-state index < -0.39 is 0 Å². The molecular weight excluding hydrogens is 275 g/mol. The van der Waals surface area contributed by atoms with Crippen LogP contribution < -0.4 is 4.74 Å². The minimum Gasteiger partial charge on any atom is -0.492 e. The van der Waals surface area contributed by atoms with Crippen molar-refractivity contribution < 1.29 is 4.74 Å². The van der Waals surface area contributed by atoms with Gasteiger partial charge in [0.2, 0.25) is 0 Å². The fourth-order valence-electron chi connectivity index (χ4n) is 1.43. The van der Waals surface area contributed by atoms with E-state index >= 15 is 0 Å². The van der Waals surface area contributed by atoms with Crippen molar-refractivity contribution in [3.05, 3.63) is 27.8 Å². The molecule has 0 heterocycles. The third-order valence-electron chi connectivity index (χ3n) is 2.54. The second-order valence-corrected chi connectivity index (χ2v) is 4.70. The molecule has 0 spiro atoms. The van der Waals surface area contributed by atoms with Crippen molar-refractivity contribution in [2.24, 2.45) is 5.92 Å². The van der Waals surface area contributed by atoms with Gasteiger partial charge in [-0.25, -0.2) is 0 Å². The lowest BCUT2D eigenvalue weighted by atomic mass is 9.86. The summed E-state index contributed by atoms with van der Waals surface area (Å²) >= 11 is 2.31. The molecule has 1 aliphatic rings. The van der Waals surface area contributed by atoms with E-state index in [-0.39, 0.29) is 0 Å². The second kappa shape index (κ2) is 4.31. The Morgan fingerprint density at radius 3 is 2.69 bits per heavy atom. The highest BCUT2D eigenvalue weighted by molar-refractivity contribution is 14.1. The smallest absolute Gasteiger partial charge is 0.132 e. The molecule has 0 amide bonds. The Morgan fingerprint density at radius 1 is 1.31 bits per heavy atom. The van der Waals surface area contributed by atoms with E-state index in [1.807, 2.05) is 18.2 Å². The van der Waals surface area contributed by atoms with Crippen molar-refractivity contribution in [3.63, 3.8) is 0 Å². The van der Waals surface area contributed by atoms with Crippen molar-refractivity contribution in [3.8, 4) is 5.75 Å². The van der Waals surface area contributed by atoms with Crippen LogP contribution in [0.5, 0.6) is 5.75 Å². The van der Waals surface area contributed by atoms with Crippen molar-refractivity contribution in [1.82, 2.24) is 0 Å². The van der Waals surface area contributed by atoms with E-state index in [1.54, 1.807) is 0 Å². The summed E-state index contributed by atoms with van der Waals surface area (Å²) in [7, 11) is 0. The van der Waals surface area contributed by atoms with Crippen molar-refractivity contribution in [1.29, 1.82) is 0 Å². The number of halogens is 1. The molecule has 0 bridgehead atoms. The van der Waals surface area contributed by atoms with Crippen molar-refractivity contribution in [2.75, 3.05) is 6.61 Å². The highest BCUT2D eigenvalue weighted by Crippen LogP contribution is 2.28. The lowest BCUT2D eigenvalue weighted by Crippen LogP contribution is -2.19. The molecule has 1 aliphatic carbocycles. The van der Waals surface area contributed by atoms with Gasteiger partial charge < -0.3 is 4.74 Å². The largest absolute Gasteiger partial charge is 0.492 e. The van der Waals surface area contributed by atoms with Gasteiger partial charge in [-0.1, -0.05) is 18.6 Å². The quantitative estimate of drug-likeness (QED) is 0.774. The third-order valence-corrected chi connectivity index (χ3v) is 3.43. The van der Waals surface area contributed by atoms with Gasteiger partial charge >= 0.3 is 0 Å². The fourth-order valence-corrected chi connectivity index (χ4v) is 1.97. The van der Waals surface area contributed by atoms with Gasteiger partial charge in [0.05, 0.1) is 10.2 Å². The number of hydrogen-bond acceptors (Lipinski definition) is 1. The van der Waals surface area contributed by atoms with Gasteiger partial charge in [0.15, 0.2) is 0 Å². The Labute approximate surface area is 92.6 Å². The van der Waals surface area contributed by atoms with Gasteiger partial charge in [-0.05, 0) is 53.5 Å². The van der Waals surface area contributed by atoms with E-state index in [9.17, 15) is 0 Å². The Bertz CT molecular complexity index is 281. The molecule has 0 aromatic heterocycles. The van der Waals surface area contributed by atoms with Gasteiger partial charge in [0, 0.05) is 0 Å². The molecule has 2 heteroatoms. The van der Waals surface area contributed by atoms with Gasteiger partial charge in [-0.15, -0.1) is 0 Å². The summed E-state index contributed by atoms with van der Waals surface area (Å²) < 4.78 is 6.94. The second-order valence-electron chi connectivity index (χ2n) is 3.54. The molecule has 2 rings (SSSR count). The molecule has 1 aromatic rings. The summed E-state index contributed by atoms with van der Waals surface area (Å²) in [5.74, 6) is 1.85. The van der Waals surface area contributed by atoms with Gasteiger partial charge in [0.1, 0.15) is 5.75 Å². The lowest BCUT2D eigenvalue weighted by Gasteiger charge is -2.25. The van der Waals surface area contributed by atoms with Crippen LogP contribution in [0.4, 0.5) is 0 Å². The standard InChI is InChI=1S/C11H13IO/c12-10-6-1-2-7-11(10)13-8-9-4-3-5-9/h1-2,6-7,9H,3-5,8H2. The number of benzene rings is 1. The topological polar surface area (TPSA) is 9.23 Å². The van der Waals surface area contributed by atoms with Crippen molar-refractivity contribution >= 4 is 22.6 Å². The molecule has 0 saturated heterocycles. The fraction of sp³-hybridized carbons (Fsp3) is 0.455. The third kappa shape index (κ3) is 2.36. The number of hydrogen-bond donors (Lipinski definition) is 0. The van der Waals surface area contributed by atoms with Crippen LogP contribution in [0.1, 0.15) is 19.3 Å². The minimum absolute atomic E-state index is 0.816. The molecule has 0 radical (unpaired) electrons.